The molecule has 4 aliphatic rings. The van der Waals surface area contributed by atoms with E-state index in [4.69, 9.17) is 16.3 Å². The number of rotatable bonds is 6. The van der Waals surface area contributed by atoms with Gasteiger partial charge in [-0.05, 0) is 98.7 Å². The van der Waals surface area contributed by atoms with Gasteiger partial charge in [-0.15, -0.1) is 0 Å². The molecule has 0 aromatic rings. The van der Waals surface area contributed by atoms with Crippen LogP contribution in [0.15, 0.2) is 11.9 Å². The molecule has 4 aliphatic carbocycles. The number of hydrazine groups is 1. The predicted octanol–water partition coefficient (Wildman–Crippen LogP) is 4.39. The Morgan fingerprint density at radius 1 is 1.03 bits per heavy atom. The van der Waals surface area contributed by atoms with Gasteiger partial charge in [-0.1, -0.05) is 27.2 Å². The number of carbonyl (C=O) groups excluding carboxylic acids is 2. The van der Waals surface area contributed by atoms with E-state index in [2.05, 4.69) is 20.8 Å². The lowest BCUT2D eigenvalue weighted by Crippen LogP contribution is -2.54. The maximum atomic E-state index is 13.4. The predicted molar refractivity (Wildman–Crippen MR) is 129 cm³/mol. The number of esters is 1. The van der Waals surface area contributed by atoms with Gasteiger partial charge in [0, 0.05) is 12.1 Å². The zero-order valence-corrected chi connectivity index (χ0v) is 21.1. The van der Waals surface area contributed by atoms with Gasteiger partial charge in [0.2, 0.25) is 0 Å². The summed E-state index contributed by atoms with van der Waals surface area (Å²) in [7, 11) is 0. The monoisotopic (exact) mass is 459 g/mol. The number of ether oxygens (including phenoxy) is 1. The van der Waals surface area contributed by atoms with Gasteiger partial charge in [-0.2, -0.15) is 0 Å². The van der Waals surface area contributed by atoms with Crippen LogP contribution in [0.1, 0.15) is 85.5 Å². The number of fused-ring (bicyclic) bond motifs is 5. The van der Waals surface area contributed by atoms with Crippen LogP contribution in [0.4, 0.5) is 0 Å². The highest BCUT2D eigenvalue weighted by atomic mass is 16.5. The molecule has 8 atom stereocenters. The Hall–Kier alpha value is -1.56. The van der Waals surface area contributed by atoms with Crippen molar-refractivity contribution in [3.05, 3.63) is 11.9 Å². The van der Waals surface area contributed by atoms with E-state index in [0.29, 0.717) is 11.3 Å². The lowest BCUT2D eigenvalue weighted by Gasteiger charge is -2.61. The standard InChI is InChI=1S/C27H45N3O3/c1-5-33-25(32)23(28)15-30(29)16-24(31)22-9-8-20-19-7-6-18-14-17(2)10-12-26(18,3)21(19)11-13-27(20,22)4/h15,17-22H,5-14,16,28-29H2,1-4H3/b23-15-/t17?,18?,19?,20?,21?,22-,26?,27?/m1/s1. The number of nitrogens with zero attached hydrogens (tertiary/aromatic N) is 1. The van der Waals surface area contributed by atoms with Gasteiger partial charge in [-0.25, -0.2) is 10.6 Å². The number of hydrogen-bond acceptors (Lipinski definition) is 6. The molecule has 0 radical (unpaired) electrons. The minimum atomic E-state index is -0.604. The summed E-state index contributed by atoms with van der Waals surface area (Å²) < 4.78 is 4.90. The first kappa shape index (κ1) is 24.6. The minimum absolute atomic E-state index is 0.0450. The Bertz CT molecular complexity index is 797. The van der Waals surface area contributed by atoms with Crippen LogP contribution < -0.4 is 11.6 Å². The van der Waals surface area contributed by atoms with E-state index in [-0.39, 0.29) is 36.0 Å². The summed E-state index contributed by atoms with van der Waals surface area (Å²) >= 11 is 0. The zero-order chi connectivity index (χ0) is 24.0. The van der Waals surface area contributed by atoms with E-state index < -0.39 is 5.97 Å². The second-order valence-electron chi connectivity index (χ2n) is 12.2. The number of carbonyl (C=O) groups is 2. The van der Waals surface area contributed by atoms with Crippen LogP contribution in [0.2, 0.25) is 0 Å². The topological polar surface area (TPSA) is 98.7 Å². The van der Waals surface area contributed by atoms with Crippen LogP contribution in [0.5, 0.6) is 0 Å². The normalized spacial score (nSPS) is 42.6. The lowest BCUT2D eigenvalue weighted by molar-refractivity contribution is -0.139. The second-order valence-corrected chi connectivity index (χ2v) is 12.2. The molecule has 0 heterocycles. The molecule has 6 heteroatoms. The van der Waals surface area contributed by atoms with Gasteiger partial charge in [0.1, 0.15) is 5.70 Å². The summed E-state index contributed by atoms with van der Waals surface area (Å²) in [5.41, 5.74) is 6.27. The molecule has 0 bridgehead atoms. The third-order valence-electron chi connectivity index (χ3n) is 10.5. The average Bonchev–Trinajstić information content (AvgIpc) is 3.11. The van der Waals surface area contributed by atoms with Crippen LogP contribution in [-0.2, 0) is 14.3 Å². The highest BCUT2D eigenvalue weighted by Crippen LogP contribution is 2.67. The van der Waals surface area contributed by atoms with Gasteiger partial charge in [0.25, 0.3) is 0 Å². The van der Waals surface area contributed by atoms with E-state index in [9.17, 15) is 9.59 Å². The van der Waals surface area contributed by atoms with Gasteiger partial charge in [-0.3, -0.25) is 4.79 Å². The third-order valence-corrected chi connectivity index (χ3v) is 10.5. The molecule has 4 fully saturated rings. The van der Waals surface area contributed by atoms with Crippen LogP contribution in [0.25, 0.3) is 0 Å². The van der Waals surface area contributed by atoms with Crippen LogP contribution in [0.3, 0.4) is 0 Å². The molecule has 4 rings (SSSR count). The maximum Gasteiger partial charge on any atom is 0.355 e. The Morgan fingerprint density at radius 3 is 2.45 bits per heavy atom. The van der Waals surface area contributed by atoms with Crippen molar-refractivity contribution in [2.75, 3.05) is 13.2 Å². The van der Waals surface area contributed by atoms with Gasteiger partial charge >= 0.3 is 5.97 Å². The Labute approximate surface area is 199 Å². The van der Waals surface area contributed by atoms with Crippen molar-refractivity contribution in [3.63, 3.8) is 0 Å². The van der Waals surface area contributed by atoms with Crippen molar-refractivity contribution >= 4 is 11.8 Å². The molecule has 33 heavy (non-hydrogen) atoms. The highest BCUT2D eigenvalue weighted by molar-refractivity contribution is 5.87. The zero-order valence-electron chi connectivity index (χ0n) is 21.1. The van der Waals surface area contributed by atoms with Crippen molar-refractivity contribution < 1.29 is 14.3 Å². The largest absolute Gasteiger partial charge is 0.461 e. The lowest BCUT2D eigenvalue weighted by atomic mass is 9.44. The average molecular weight is 460 g/mol. The molecule has 7 unspecified atom stereocenters. The van der Waals surface area contributed by atoms with Crippen LogP contribution in [-0.4, -0.2) is 29.9 Å². The van der Waals surface area contributed by atoms with Gasteiger partial charge < -0.3 is 15.5 Å². The number of nitrogens with two attached hydrogens (primary N) is 2. The fourth-order valence-electron chi connectivity index (χ4n) is 8.78. The molecular formula is C27H45N3O3. The smallest absolute Gasteiger partial charge is 0.355 e. The molecule has 0 spiro atoms. The summed E-state index contributed by atoms with van der Waals surface area (Å²) in [4.78, 5) is 25.1. The SMILES string of the molecule is CCOC(=O)/C(N)=C/N(N)CC(=O)[C@H]1CCC2C3CCC4CC(C)CCC4(C)C3CCC21C. The molecular weight excluding hydrogens is 414 g/mol. The van der Waals surface area contributed by atoms with Crippen molar-refractivity contribution in [1.82, 2.24) is 5.01 Å². The molecule has 6 nitrogen and oxygen atoms in total. The summed E-state index contributed by atoms with van der Waals surface area (Å²) in [6.45, 7) is 9.48. The highest BCUT2D eigenvalue weighted by Gasteiger charge is 2.60. The molecule has 0 aromatic carbocycles. The molecule has 0 saturated heterocycles. The summed E-state index contributed by atoms with van der Waals surface area (Å²) in [5.74, 6) is 9.69. The molecule has 186 valence electrons. The van der Waals surface area contributed by atoms with E-state index in [0.717, 1.165) is 42.9 Å². The molecule has 4 saturated carbocycles. The summed E-state index contributed by atoms with van der Waals surface area (Å²) in [5, 5.41) is 1.26. The van der Waals surface area contributed by atoms with E-state index in [1.165, 1.54) is 49.7 Å². The third kappa shape index (κ3) is 4.33. The number of hydrogen-bond donors (Lipinski definition) is 2. The summed E-state index contributed by atoms with van der Waals surface area (Å²) in [6, 6.07) is 0. The van der Waals surface area contributed by atoms with E-state index in [1.807, 2.05) is 0 Å². The van der Waals surface area contributed by atoms with Crippen molar-refractivity contribution in [1.29, 1.82) is 0 Å². The van der Waals surface area contributed by atoms with Crippen LogP contribution in [0, 0.1) is 46.3 Å². The first-order valence-electron chi connectivity index (χ1n) is 13.3. The molecule has 4 N–H and O–H groups in total. The first-order chi connectivity index (χ1) is 15.6. The second kappa shape index (κ2) is 9.24. The van der Waals surface area contributed by atoms with E-state index in [1.54, 1.807) is 6.92 Å². The number of Topliss-reactive ketones (excluding diaryl/α,β-unsaturated/α-hetero) is 1. The Kier molecular flexibility index (Phi) is 6.88. The molecule has 0 amide bonds. The van der Waals surface area contributed by atoms with Gasteiger partial charge in [0.05, 0.1) is 13.2 Å². The molecule has 0 aliphatic heterocycles. The molecule has 0 aromatic heterocycles. The fraction of sp³-hybridized carbons (Fsp3) is 0.852. The Morgan fingerprint density at radius 2 is 1.73 bits per heavy atom. The van der Waals surface area contributed by atoms with Crippen LogP contribution >= 0.6 is 0 Å². The summed E-state index contributed by atoms with van der Waals surface area (Å²) in [6.07, 6.45) is 12.8. The minimum Gasteiger partial charge on any atom is -0.461 e. The Balaban J connectivity index is 1.44. The van der Waals surface area contributed by atoms with Crippen molar-refractivity contribution in [3.8, 4) is 0 Å². The quantitative estimate of drug-likeness (QED) is 0.265. The van der Waals surface area contributed by atoms with Gasteiger partial charge in [0.15, 0.2) is 5.78 Å². The maximum absolute atomic E-state index is 13.4. The fourth-order valence-corrected chi connectivity index (χ4v) is 8.78. The van der Waals surface area contributed by atoms with Crippen molar-refractivity contribution in [2.24, 2.45) is 57.9 Å². The van der Waals surface area contributed by atoms with Crippen molar-refractivity contribution in [2.45, 2.75) is 85.5 Å². The first-order valence-corrected chi connectivity index (χ1v) is 13.3. The number of ketones is 1. The van der Waals surface area contributed by atoms with E-state index >= 15 is 0 Å².